The Morgan fingerprint density at radius 1 is 0.846 bits per heavy atom. The molecule has 1 atom stereocenters. The van der Waals surface area contributed by atoms with Gasteiger partial charge in [-0.05, 0) is 42.5 Å². The normalized spacial score (nSPS) is 15.9. The van der Waals surface area contributed by atoms with Crippen LogP contribution in [0.5, 0.6) is 0 Å². The Kier molecular flexibility index (Phi) is 4.53. The molecule has 1 aliphatic rings. The topological polar surface area (TPSA) is 32.3 Å². The van der Waals surface area contributed by atoms with Gasteiger partial charge >= 0.3 is 0 Å². The molecule has 0 fully saturated rings. The lowest BCUT2D eigenvalue weighted by atomic mass is 10.1. The van der Waals surface area contributed by atoms with E-state index in [1.54, 1.807) is 23.1 Å². The van der Waals surface area contributed by atoms with Gasteiger partial charge in [-0.2, -0.15) is 0 Å². The number of fused-ring (bicyclic) bond motifs is 1. The van der Waals surface area contributed by atoms with E-state index < -0.39 is 6.17 Å². The summed E-state index contributed by atoms with van der Waals surface area (Å²) in [6.07, 6.45) is -0.407. The Bertz CT molecular complexity index is 989. The molecule has 0 bridgehead atoms. The molecule has 0 saturated heterocycles. The minimum Gasteiger partial charge on any atom is -0.360 e. The molecular formula is C20H13Cl3N2O. The highest BCUT2D eigenvalue weighted by atomic mass is 35.5. The maximum Gasteiger partial charge on any atom is 0.260 e. The van der Waals surface area contributed by atoms with Crippen LogP contribution in [0.15, 0.2) is 66.7 Å². The molecule has 1 aliphatic heterocycles. The molecule has 130 valence electrons. The summed E-state index contributed by atoms with van der Waals surface area (Å²) in [5, 5.41) is 4.84. The van der Waals surface area contributed by atoms with Crippen molar-refractivity contribution in [2.24, 2.45) is 0 Å². The van der Waals surface area contributed by atoms with E-state index in [0.29, 0.717) is 26.3 Å². The highest BCUT2D eigenvalue weighted by Gasteiger charge is 2.37. The second-order valence-corrected chi connectivity index (χ2v) is 7.11. The van der Waals surface area contributed by atoms with Crippen LogP contribution in [0.4, 0.5) is 11.4 Å². The van der Waals surface area contributed by atoms with Gasteiger partial charge in [-0.1, -0.05) is 59.1 Å². The highest BCUT2D eigenvalue weighted by Crippen LogP contribution is 2.40. The van der Waals surface area contributed by atoms with Gasteiger partial charge in [0.05, 0.1) is 15.7 Å². The van der Waals surface area contributed by atoms with Gasteiger partial charge < -0.3 is 5.32 Å². The molecule has 1 N–H and O–H groups in total. The molecule has 0 saturated carbocycles. The van der Waals surface area contributed by atoms with Crippen molar-refractivity contribution in [3.05, 3.63) is 92.9 Å². The van der Waals surface area contributed by atoms with Crippen LogP contribution in [-0.2, 0) is 0 Å². The Balaban J connectivity index is 1.81. The third-order valence-corrected chi connectivity index (χ3v) is 5.38. The average Bonchev–Trinajstić information content (AvgIpc) is 2.92. The van der Waals surface area contributed by atoms with Gasteiger partial charge in [0.25, 0.3) is 5.91 Å². The van der Waals surface area contributed by atoms with Gasteiger partial charge in [0, 0.05) is 21.8 Å². The smallest absolute Gasteiger partial charge is 0.260 e. The van der Waals surface area contributed by atoms with Crippen molar-refractivity contribution < 1.29 is 4.79 Å². The lowest BCUT2D eigenvalue weighted by molar-refractivity contribution is 0.0993. The van der Waals surface area contributed by atoms with Gasteiger partial charge in [-0.15, -0.1) is 0 Å². The van der Waals surface area contributed by atoms with Crippen molar-refractivity contribution in [3.8, 4) is 0 Å². The molecular weight excluding hydrogens is 391 g/mol. The molecule has 1 amide bonds. The third-order valence-electron chi connectivity index (χ3n) is 4.31. The van der Waals surface area contributed by atoms with E-state index >= 15 is 0 Å². The van der Waals surface area contributed by atoms with Gasteiger partial charge in [-0.25, -0.2) is 0 Å². The summed E-state index contributed by atoms with van der Waals surface area (Å²) < 4.78 is 0. The van der Waals surface area contributed by atoms with E-state index in [1.165, 1.54) is 0 Å². The average molecular weight is 404 g/mol. The van der Waals surface area contributed by atoms with Crippen molar-refractivity contribution in [3.63, 3.8) is 0 Å². The first kappa shape index (κ1) is 17.2. The van der Waals surface area contributed by atoms with Crippen LogP contribution >= 0.6 is 34.8 Å². The fourth-order valence-electron chi connectivity index (χ4n) is 3.09. The second kappa shape index (κ2) is 6.84. The Morgan fingerprint density at radius 3 is 2.35 bits per heavy atom. The van der Waals surface area contributed by atoms with Crippen LogP contribution in [0.2, 0.25) is 15.1 Å². The van der Waals surface area contributed by atoms with Gasteiger partial charge in [0.15, 0.2) is 0 Å². The van der Waals surface area contributed by atoms with E-state index in [-0.39, 0.29) is 5.91 Å². The lowest BCUT2D eigenvalue weighted by Crippen LogP contribution is -2.32. The third kappa shape index (κ3) is 2.92. The van der Waals surface area contributed by atoms with E-state index in [9.17, 15) is 4.79 Å². The summed E-state index contributed by atoms with van der Waals surface area (Å²) in [5.74, 6) is -0.0847. The SMILES string of the molecule is O=C1c2ccccc2[C@@H](Nc2cccc(Cl)c2Cl)N1c1ccc(Cl)cc1. The van der Waals surface area contributed by atoms with Crippen LogP contribution in [-0.4, -0.2) is 5.91 Å². The summed E-state index contributed by atoms with van der Waals surface area (Å²) in [5.41, 5.74) is 2.93. The minimum atomic E-state index is -0.407. The summed E-state index contributed by atoms with van der Waals surface area (Å²) >= 11 is 18.5. The fraction of sp³-hybridized carbons (Fsp3) is 0.0500. The Morgan fingerprint density at radius 2 is 1.58 bits per heavy atom. The quantitative estimate of drug-likeness (QED) is 0.547. The number of hydrogen-bond acceptors (Lipinski definition) is 2. The number of amides is 1. The molecule has 1 heterocycles. The number of hydrogen-bond donors (Lipinski definition) is 1. The number of benzene rings is 3. The molecule has 26 heavy (non-hydrogen) atoms. The van der Waals surface area contributed by atoms with Gasteiger partial charge in [-0.3, -0.25) is 9.69 Å². The molecule has 0 spiro atoms. The first-order chi connectivity index (χ1) is 12.6. The molecule has 3 aromatic carbocycles. The number of carbonyl (C=O) groups excluding carboxylic acids is 1. The zero-order valence-electron chi connectivity index (χ0n) is 13.4. The van der Waals surface area contributed by atoms with Crippen LogP contribution in [0.25, 0.3) is 0 Å². The zero-order chi connectivity index (χ0) is 18.3. The van der Waals surface area contributed by atoms with Crippen molar-refractivity contribution in [2.45, 2.75) is 6.17 Å². The number of rotatable bonds is 3. The molecule has 0 unspecified atom stereocenters. The maximum atomic E-state index is 13.0. The maximum absolute atomic E-state index is 13.0. The summed E-state index contributed by atoms with van der Waals surface area (Å²) in [6, 6.07) is 20.0. The molecule has 0 aliphatic carbocycles. The van der Waals surface area contributed by atoms with Crippen LogP contribution in [0.3, 0.4) is 0 Å². The first-order valence-corrected chi connectivity index (χ1v) is 9.08. The molecule has 3 nitrogen and oxygen atoms in total. The number of nitrogens with zero attached hydrogens (tertiary/aromatic N) is 1. The first-order valence-electron chi connectivity index (χ1n) is 7.95. The van der Waals surface area contributed by atoms with Gasteiger partial charge in [0.2, 0.25) is 0 Å². The van der Waals surface area contributed by atoms with Crippen molar-refractivity contribution in [1.82, 2.24) is 0 Å². The predicted molar refractivity (Wildman–Crippen MR) is 108 cm³/mol. The standard InChI is InChI=1S/C20H13Cl3N2O/c21-12-8-10-13(11-9-12)25-19(14-4-1-2-5-15(14)20(25)26)24-17-7-3-6-16(22)18(17)23/h1-11,19,24H/t19-/m0/s1. The summed E-state index contributed by atoms with van der Waals surface area (Å²) in [6.45, 7) is 0. The lowest BCUT2D eigenvalue weighted by Gasteiger charge is -2.27. The predicted octanol–water partition coefficient (Wildman–Crippen LogP) is 6.42. The van der Waals surface area contributed by atoms with Crippen LogP contribution < -0.4 is 10.2 Å². The highest BCUT2D eigenvalue weighted by molar-refractivity contribution is 6.43. The van der Waals surface area contributed by atoms with Gasteiger partial charge in [0.1, 0.15) is 6.17 Å². The van der Waals surface area contributed by atoms with E-state index in [4.69, 9.17) is 34.8 Å². The van der Waals surface area contributed by atoms with Crippen LogP contribution in [0.1, 0.15) is 22.1 Å². The molecule has 3 aromatic rings. The van der Waals surface area contributed by atoms with Crippen LogP contribution in [0, 0.1) is 0 Å². The summed E-state index contributed by atoms with van der Waals surface area (Å²) in [4.78, 5) is 14.7. The Hall–Kier alpha value is -2.20. The largest absolute Gasteiger partial charge is 0.360 e. The molecule has 4 rings (SSSR count). The Labute approximate surface area is 166 Å². The molecule has 0 aromatic heterocycles. The van der Waals surface area contributed by atoms with Crippen molar-refractivity contribution in [2.75, 3.05) is 10.2 Å². The number of anilines is 2. The van der Waals surface area contributed by atoms with E-state index in [2.05, 4.69) is 5.32 Å². The van der Waals surface area contributed by atoms with E-state index in [1.807, 2.05) is 48.5 Å². The number of carbonyl (C=O) groups is 1. The molecule has 0 radical (unpaired) electrons. The fourth-order valence-corrected chi connectivity index (χ4v) is 3.57. The number of nitrogens with one attached hydrogen (secondary N) is 1. The van der Waals surface area contributed by atoms with Crippen molar-refractivity contribution >= 4 is 52.1 Å². The molecule has 6 heteroatoms. The minimum absolute atomic E-state index is 0.0847. The zero-order valence-corrected chi connectivity index (χ0v) is 15.7. The summed E-state index contributed by atoms with van der Waals surface area (Å²) in [7, 11) is 0. The second-order valence-electron chi connectivity index (χ2n) is 5.89. The van der Waals surface area contributed by atoms with Crippen molar-refractivity contribution in [1.29, 1.82) is 0 Å². The monoisotopic (exact) mass is 402 g/mol. The van der Waals surface area contributed by atoms with E-state index in [0.717, 1.165) is 11.3 Å². The number of halogens is 3.